The molecule has 2 unspecified atom stereocenters. The molecule has 1 fully saturated rings. The fraction of sp³-hybridized carbons (Fsp3) is 0.471. The summed E-state index contributed by atoms with van der Waals surface area (Å²) in [4.78, 5) is 12.3. The highest BCUT2D eigenvalue weighted by molar-refractivity contribution is 7.90. The number of ether oxygens (including phenoxy) is 1. The topological polar surface area (TPSA) is 98.5 Å². The van der Waals surface area contributed by atoms with Crippen LogP contribution in [0.25, 0.3) is 10.1 Å². The quantitative estimate of drug-likeness (QED) is 0.774. The number of thiophene rings is 1. The van der Waals surface area contributed by atoms with Gasteiger partial charge in [-0.2, -0.15) is 0 Å². The van der Waals surface area contributed by atoms with Crippen molar-refractivity contribution in [3.63, 3.8) is 0 Å². The number of nitrogens with two attached hydrogens (primary N) is 1. The van der Waals surface area contributed by atoms with E-state index in [9.17, 15) is 13.2 Å². The van der Waals surface area contributed by atoms with Crippen LogP contribution in [0.4, 0.5) is 0 Å². The van der Waals surface area contributed by atoms with E-state index in [0.717, 1.165) is 41.7 Å². The van der Waals surface area contributed by atoms with Gasteiger partial charge in [-0.1, -0.05) is 31.0 Å². The number of benzene rings is 1. The summed E-state index contributed by atoms with van der Waals surface area (Å²) in [5.74, 6) is -0.518. The molecule has 8 heteroatoms. The minimum atomic E-state index is -3.87. The van der Waals surface area contributed by atoms with Crippen LogP contribution in [0, 0.1) is 5.92 Å². The van der Waals surface area contributed by atoms with Gasteiger partial charge in [-0.25, -0.2) is 17.9 Å². The van der Waals surface area contributed by atoms with Gasteiger partial charge in [0.15, 0.2) is 0 Å². The number of hydrogen-bond donors (Lipinski definition) is 2. The number of fused-ring (bicyclic) bond motifs is 1. The van der Waals surface area contributed by atoms with Crippen LogP contribution in [0.15, 0.2) is 29.2 Å². The summed E-state index contributed by atoms with van der Waals surface area (Å²) in [6.07, 6.45) is 3.71. The molecule has 1 heterocycles. The van der Waals surface area contributed by atoms with E-state index in [1.54, 1.807) is 18.2 Å². The molecule has 3 N–H and O–H groups in total. The first-order valence-corrected chi connectivity index (χ1v) is 10.6. The summed E-state index contributed by atoms with van der Waals surface area (Å²) in [7, 11) is -2.62. The Bertz CT molecular complexity index is 876. The van der Waals surface area contributed by atoms with E-state index in [4.69, 9.17) is 10.5 Å². The molecule has 1 aromatic heterocycles. The molecule has 0 spiro atoms. The van der Waals surface area contributed by atoms with E-state index < -0.39 is 16.0 Å². The van der Waals surface area contributed by atoms with Gasteiger partial charge < -0.3 is 10.5 Å². The van der Waals surface area contributed by atoms with Crippen molar-refractivity contribution in [3.05, 3.63) is 29.1 Å². The summed E-state index contributed by atoms with van der Waals surface area (Å²) >= 11 is 1.13. The highest BCUT2D eigenvalue weighted by Gasteiger charge is 2.33. The van der Waals surface area contributed by atoms with Crippen LogP contribution in [-0.2, 0) is 14.8 Å². The van der Waals surface area contributed by atoms with E-state index in [1.807, 2.05) is 6.07 Å². The van der Waals surface area contributed by atoms with Crippen LogP contribution in [0.2, 0.25) is 0 Å². The van der Waals surface area contributed by atoms with Crippen LogP contribution >= 0.6 is 11.3 Å². The van der Waals surface area contributed by atoms with Gasteiger partial charge in [0, 0.05) is 16.1 Å². The summed E-state index contributed by atoms with van der Waals surface area (Å²) in [6.45, 7) is 0.446. The third-order valence-electron chi connectivity index (χ3n) is 4.71. The van der Waals surface area contributed by atoms with Crippen molar-refractivity contribution < 1.29 is 17.9 Å². The number of carbonyl (C=O) groups is 1. The zero-order valence-corrected chi connectivity index (χ0v) is 15.7. The lowest BCUT2D eigenvalue weighted by Crippen LogP contribution is -2.44. The maximum atomic E-state index is 13.1. The molecule has 0 aliphatic heterocycles. The Labute approximate surface area is 151 Å². The molecule has 25 heavy (non-hydrogen) atoms. The van der Waals surface area contributed by atoms with Crippen LogP contribution < -0.4 is 10.5 Å². The van der Waals surface area contributed by atoms with Gasteiger partial charge in [0.2, 0.25) is 10.0 Å². The van der Waals surface area contributed by atoms with Crippen molar-refractivity contribution in [2.24, 2.45) is 11.7 Å². The number of hydrogen-bond acceptors (Lipinski definition) is 6. The molecule has 3 rings (SSSR count). The maximum absolute atomic E-state index is 13.1. The molecule has 6 nitrogen and oxygen atoms in total. The molecule has 136 valence electrons. The summed E-state index contributed by atoms with van der Waals surface area (Å²) in [6, 6.07) is 6.89. The molecule has 2 atom stereocenters. The molecule has 1 aromatic carbocycles. The van der Waals surface area contributed by atoms with Gasteiger partial charge in [0.25, 0.3) is 0 Å². The summed E-state index contributed by atoms with van der Waals surface area (Å²) in [5.41, 5.74) is 5.81. The van der Waals surface area contributed by atoms with Gasteiger partial charge in [-0.15, -0.1) is 11.3 Å². The fourth-order valence-corrected chi connectivity index (χ4v) is 6.58. The minimum absolute atomic E-state index is 0.0151. The van der Waals surface area contributed by atoms with E-state index in [0.29, 0.717) is 11.9 Å². The number of nitrogens with one attached hydrogen (secondary N) is 1. The molecule has 2 aromatic rings. The summed E-state index contributed by atoms with van der Waals surface area (Å²) < 4.78 is 34.6. The van der Waals surface area contributed by atoms with Gasteiger partial charge in [-0.05, 0) is 31.4 Å². The second-order valence-electron chi connectivity index (χ2n) is 6.26. The average molecular weight is 383 g/mol. The molecule has 0 saturated heterocycles. The van der Waals surface area contributed by atoms with Crippen molar-refractivity contribution in [1.29, 1.82) is 0 Å². The number of carbonyl (C=O) groups excluding carboxylic acids is 1. The highest BCUT2D eigenvalue weighted by Crippen LogP contribution is 2.36. The second kappa shape index (κ2) is 7.41. The Balaban J connectivity index is 2.05. The fourth-order valence-electron chi connectivity index (χ4n) is 3.42. The van der Waals surface area contributed by atoms with Crippen molar-refractivity contribution in [2.45, 2.75) is 36.6 Å². The molecule has 0 radical (unpaired) electrons. The first-order valence-electron chi connectivity index (χ1n) is 8.30. The first kappa shape index (κ1) is 18.3. The Kier molecular flexibility index (Phi) is 5.43. The lowest BCUT2D eigenvalue weighted by molar-refractivity contribution is 0.0602. The monoisotopic (exact) mass is 382 g/mol. The van der Waals surface area contributed by atoms with E-state index >= 15 is 0 Å². The largest absolute Gasteiger partial charge is 0.465 e. The predicted octanol–water partition coefficient (Wildman–Crippen LogP) is 2.48. The lowest BCUT2D eigenvalue weighted by Gasteiger charge is -2.31. The highest BCUT2D eigenvalue weighted by atomic mass is 32.2. The Morgan fingerprint density at radius 1 is 1.32 bits per heavy atom. The molecular weight excluding hydrogens is 360 g/mol. The van der Waals surface area contributed by atoms with E-state index in [-0.39, 0.29) is 21.7 Å². The van der Waals surface area contributed by atoms with Crippen LogP contribution in [0.1, 0.15) is 35.4 Å². The standard InChI is InChI=1S/C17H22N2O4S2/c1-23-17(20)15-16(12-7-3-5-9-14(12)24-15)25(21,22)19-13-8-4-2-6-11(13)10-18/h3,5,7,9,11,13,19H,2,4,6,8,10,18H2,1H3. The number of sulfonamides is 1. The van der Waals surface area contributed by atoms with Crippen LogP contribution in [0.5, 0.6) is 0 Å². The van der Waals surface area contributed by atoms with Crippen molar-refractivity contribution >= 4 is 37.4 Å². The SMILES string of the molecule is COC(=O)c1sc2ccccc2c1S(=O)(=O)NC1CCCCC1CN. The number of esters is 1. The van der Waals surface area contributed by atoms with Gasteiger partial charge in [0.1, 0.15) is 9.77 Å². The lowest BCUT2D eigenvalue weighted by atomic mass is 9.85. The molecule has 1 aliphatic carbocycles. The normalized spacial score (nSPS) is 21.4. The van der Waals surface area contributed by atoms with Crippen LogP contribution in [0.3, 0.4) is 0 Å². The minimum Gasteiger partial charge on any atom is -0.465 e. The van der Waals surface area contributed by atoms with E-state index in [1.165, 1.54) is 7.11 Å². The van der Waals surface area contributed by atoms with Crippen molar-refractivity contribution in [3.8, 4) is 0 Å². The average Bonchev–Trinajstić information content (AvgIpc) is 3.01. The molecular formula is C17H22N2O4S2. The Morgan fingerprint density at radius 2 is 2.04 bits per heavy atom. The number of rotatable bonds is 5. The molecule has 1 aliphatic rings. The molecule has 1 saturated carbocycles. The van der Waals surface area contributed by atoms with Crippen LogP contribution in [-0.4, -0.2) is 34.1 Å². The van der Waals surface area contributed by atoms with Gasteiger partial charge in [0.05, 0.1) is 7.11 Å². The third kappa shape index (κ3) is 3.57. The molecule has 0 amide bonds. The summed E-state index contributed by atoms with van der Waals surface area (Å²) in [5, 5.41) is 0.542. The van der Waals surface area contributed by atoms with Gasteiger partial charge in [-0.3, -0.25) is 0 Å². The zero-order valence-electron chi connectivity index (χ0n) is 14.0. The van der Waals surface area contributed by atoms with Crippen molar-refractivity contribution in [1.82, 2.24) is 4.72 Å². The third-order valence-corrected chi connectivity index (χ3v) is 7.56. The smallest absolute Gasteiger partial charge is 0.349 e. The number of methoxy groups -OCH3 is 1. The van der Waals surface area contributed by atoms with Gasteiger partial charge >= 0.3 is 5.97 Å². The molecule has 0 bridgehead atoms. The second-order valence-corrected chi connectivity index (χ2v) is 8.96. The first-order chi connectivity index (χ1) is 12.0. The Hall–Kier alpha value is -1.48. The Morgan fingerprint density at radius 3 is 2.76 bits per heavy atom. The van der Waals surface area contributed by atoms with E-state index in [2.05, 4.69) is 4.72 Å². The predicted molar refractivity (Wildman–Crippen MR) is 98.3 cm³/mol. The van der Waals surface area contributed by atoms with Crippen molar-refractivity contribution in [2.75, 3.05) is 13.7 Å². The zero-order chi connectivity index (χ0) is 18.0. The maximum Gasteiger partial charge on any atom is 0.349 e.